The molecule has 36 heavy (non-hydrogen) atoms. The van der Waals surface area contributed by atoms with Gasteiger partial charge < -0.3 is 15.1 Å². The average molecular weight is 500 g/mol. The van der Waals surface area contributed by atoms with Gasteiger partial charge >= 0.3 is 0 Å². The van der Waals surface area contributed by atoms with Crippen LogP contribution >= 0.6 is 0 Å². The van der Waals surface area contributed by atoms with Gasteiger partial charge in [0, 0.05) is 50.4 Å². The van der Waals surface area contributed by atoms with Crippen molar-refractivity contribution >= 4 is 23.2 Å². The van der Waals surface area contributed by atoms with Gasteiger partial charge in [-0.15, -0.1) is 0 Å². The van der Waals surface area contributed by atoms with Crippen molar-refractivity contribution in [1.29, 1.82) is 0 Å². The van der Waals surface area contributed by atoms with Crippen LogP contribution in [0.5, 0.6) is 0 Å². The summed E-state index contributed by atoms with van der Waals surface area (Å²) in [6.07, 6.45) is 13.7. The average Bonchev–Trinajstić information content (AvgIpc) is 2.82. The van der Waals surface area contributed by atoms with Crippen LogP contribution < -0.4 is 10.2 Å². The molecule has 1 saturated heterocycles. The second-order valence-electron chi connectivity index (χ2n) is 12.1. The molecule has 0 aromatic heterocycles. The molecule has 2 amide bonds. The third-order valence-corrected chi connectivity index (χ3v) is 7.14. The fraction of sp³-hybridized carbons (Fsp3) is 0.742. The molecule has 1 aromatic carbocycles. The van der Waals surface area contributed by atoms with Gasteiger partial charge in [0.1, 0.15) is 0 Å². The first-order valence-electron chi connectivity index (χ1n) is 14.6. The summed E-state index contributed by atoms with van der Waals surface area (Å²) in [6, 6.07) is 8.15. The fourth-order valence-electron chi connectivity index (χ4n) is 5.33. The lowest BCUT2D eigenvalue weighted by atomic mass is 9.84. The number of carbonyl (C=O) groups excluding carboxylic acids is 2. The standard InChI is InChI=1S/C31H53N3O2/c1-6-7-8-9-10-11-12-13-14-15-29(35)32-27-16-18-28(19-17-27)33-20-22-34(23-21-33)30(36)24-26(2)25-31(3,4)5/h16-19,26H,6-15,20-25H2,1-5H3,(H,32,35)/t26-/m1/s1. The van der Waals surface area contributed by atoms with Crippen LogP contribution in [0, 0.1) is 11.3 Å². The van der Waals surface area contributed by atoms with Crippen molar-refractivity contribution in [2.24, 2.45) is 11.3 Å². The highest BCUT2D eigenvalue weighted by Gasteiger charge is 2.24. The smallest absolute Gasteiger partial charge is 0.224 e. The third-order valence-electron chi connectivity index (χ3n) is 7.14. The first kappa shape index (κ1) is 30.2. The van der Waals surface area contributed by atoms with E-state index < -0.39 is 0 Å². The van der Waals surface area contributed by atoms with E-state index in [1.807, 2.05) is 17.0 Å². The summed E-state index contributed by atoms with van der Waals surface area (Å²) in [5.41, 5.74) is 2.28. The summed E-state index contributed by atoms with van der Waals surface area (Å²) in [7, 11) is 0. The number of amides is 2. The number of benzene rings is 1. The van der Waals surface area contributed by atoms with Crippen LogP contribution in [0.3, 0.4) is 0 Å². The van der Waals surface area contributed by atoms with Gasteiger partial charge in [-0.2, -0.15) is 0 Å². The van der Waals surface area contributed by atoms with Crippen LogP contribution in [0.4, 0.5) is 11.4 Å². The number of carbonyl (C=O) groups is 2. The first-order chi connectivity index (χ1) is 17.2. The van der Waals surface area contributed by atoms with E-state index in [1.165, 1.54) is 44.9 Å². The molecule has 5 heteroatoms. The fourth-order valence-corrected chi connectivity index (χ4v) is 5.33. The van der Waals surface area contributed by atoms with E-state index in [0.717, 1.165) is 56.8 Å². The zero-order valence-electron chi connectivity index (χ0n) is 23.9. The van der Waals surface area contributed by atoms with E-state index in [-0.39, 0.29) is 17.2 Å². The maximum absolute atomic E-state index is 12.7. The number of nitrogens with one attached hydrogen (secondary N) is 1. The van der Waals surface area contributed by atoms with E-state index in [9.17, 15) is 9.59 Å². The van der Waals surface area contributed by atoms with Crippen molar-refractivity contribution in [2.75, 3.05) is 36.4 Å². The molecule has 1 aliphatic rings. The molecule has 1 aliphatic heterocycles. The van der Waals surface area contributed by atoms with E-state index in [1.54, 1.807) is 0 Å². The summed E-state index contributed by atoms with van der Waals surface area (Å²) in [4.78, 5) is 29.4. The van der Waals surface area contributed by atoms with Crippen molar-refractivity contribution in [1.82, 2.24) is 4.90 Å². The zero-order valence-corrected chi connectivity index (χ0v) is 23.9. The molecule has 1 aromatic rings. The molecule has 1 atom stereocenters. The zero-order chi connectivity index (χ0) is 26.4. The van der Waals surface area contributed by atoms with Gasteiger partial charge in [-0.3, -0.25) is 9.59 Å². The molecule has 5 nitrogen and oxygen atoms in total. The lowest BCUT2D eigenvalue weighted by Crippen LogP contribution is -2.49. The summed E-state index contributed by atoms with van der Waals surface area (Å²) >= 11 is 0. The van der Waals surface area contributed by atoms with Crippen LogP contribution in [-0.2, 0) is 9.59 Å². The Balaban J connectivity index is 1.63. The topological polar surface area (TPSA) is 52.7 Å². The highest BCUT2D eigenvalue weighted by atomic mass is 16.2. The molecule has 0 aliphatic carbocycles. The first-order valence-corrected chi connectivity index (χ1v) is 14.6. The number of unbranched alkanes of at least 4 members (excludes halogenated alkanes) is 8. The predicted molar refractivity (Wildman–Crippen MR) is 154 cm³/mol. The highest BCUT2D eigenvalue weighted by Crippen LogP contribution is 2.27. The van der Waals surface area contributed by atoms with Crippen molar-refractivity contribution < 1.29 is 9.59 Å². The quantitative estimate of drug-likeness (QED) is 0.252. The van der Waals surface area contributed by atoms with Crippen LogP contribution in [0.15, 0.2) is 24.3 Å². The SMILES string of the molecule is CCCCCCCCCCCC(=O)Nc1ccc(N2CCN(C(=O)C[C@@H](C)CC(C)(C)C)CC2)cc1. The maximum atomic E-state index is 12.7. The molecule has 1 fully saturated rings. The number of anilines is 2. The Morgan fingerprint density at radius 1 is 0.861 bits per heavy atom. The second kappa shape index (κ2) is 15.9. The normalized spacial score (nSPS) is 15.1. The van der Waals surface area contributed by atoms with E-state index in [0.29, 0.717) is 18.8 Å². The third kappa shape index (κ3) is 12.3. The molecule has 1 heterocycles. The molecule has 0 spiro atoms. The summed E-state index contributed by atoms with van der Waals surface area (Å²) in [6.45, 7) is 14.4. The molecule has 1 N–H and O–H groups in total. The Morgan fingerprint density at radius 3 is 1.97 bits per heavy atom. The largest absolute Gasteiger partial charge is 0.368 e. The summed E-state index contributed by atoms with van der Waals surface area (Å²) < 4.78 is 0. The molecule has 0 unspecified atom stereocenters. The number of rotatable bonds is 15. The van der Waals surface area contributed by atoms with Crippen molar-refractivity contribution in [2.45, 2.75) is 112 Å². The van der Waals surface area contributed by atoms with Gasteiger partial charge in [0.05, 0.1) is 0 Å². The molecular formula is C31H53N3O2. The Morgan fingerprint density at radius 2 is 1.42 bits per heavy atom. The Bertz CT molecular complexity index is 761. The lowest BCUT2D eigenvalue weighted by Gasteiger charge is -2.37. The Kier molecular flexibility index (Phi) is 13.4. The van der Waals surface area contributed by atoms with Gasteiger partial charge in [-0.25, -0.2) is 0 Å². The van der Waals surface area contributed by atoms with Gasteiger partial charge in [-0.05, 0) is 48.4 Å². The Hall–Kier alpha value is -2.04. The van der Waals surface area contributed by atoms with E-state index in [4.69, 9.17) is 0 Å². The van der Waals surface area contributed by atoms with Crippen LogP contribution in [0.2, 0.25) is 0 Å². The summed E-state index contributed by atoms with van der Waals surface area (Å²) in [5.74, 6) is 0.813. The molecule has 204 valence electrons. The minimum absolute atomic E-state index is 0.110. The van der Waals surface area contributed by atoms with Gasteiger partial charge in [0.15, 0.2) is 0 Å². The van der Waals surface area contributed by atoms with Crippen LogP contribution in [-0.4, -0.2) is 42.9 Å². The van der Waals surface area contributed by atoms with Crippen LogP contribution in [0.25, 0.3) is 0 Å². The molecule has 0 bridgehead atoms. The summed E-state index contributed by atoms with van der Waals surface area (Å²) in [5, 5.41) is 3.04. The Labute approximate surface area is 221 Å². The predicted octanol–water partition coefficient (Wildman–Crippen LogP) is 7.66. The maximum Gasteiger partial charge on any atom is 0.224 e. The number of hydrogen-bond donors (Lipinski definition) is 1. The minimum Gasteiger partial charge on any atom is -0.368 e. The van der Waals surface area contributed by atoms with E-state index >= 15 is 0 Å². The number of hydrogen-bond acceptors (Lipinski definition) is 3. The van der Waals surface area contributed by atoms with Crippen molar-refractivity contribution in [3.63, 3.8) is 0 Å². The minimum atomic E-state index is 0.110. The van der Waals surface area contributed by atoms with Crippen molar-refractivity contribution in [3.05, 3.63) is 24.3 Å². The van der Waals surface area contributed by atoms with Crippen molar-refractivity contribution in [3.8, 4) is 0 Å². The number of piperazine rings is 1. The monoisotopic (exact) mass is 499 g/mol. The van der Waals surface area contributed by atoms with E-state index in [2.05, 4.69) is 57.0 Å². The lowest BCUT2D eigenvalue weighted by molar-refractivity contribution is -0.132. The number of nitrogens with zero attached hydrogens (tertiary/aromatic N) is 2. The van der Waals surface area contributed by atoms with Crippen LogP contribution in [0.1, 0.15) is 112 Å². The molecule has 0 saturated carbocycles. The second-order valence-corrected chi connectivity index (χ2v) is 12.1. The van der Waals surface area contributed by atoms with Gasteiger partial charge in [-0.1, -0.05) is 86.0 Å². The molecule has 2 rings (SSSR count). The highest BCUT2D eigenvalue weighted by molar-refractivity contribution is 5.90. The van der Waals surface area contributed by atoms with Gasteiger partial charge in [0.2, 0.25) is 11.8 Å². The van der Waals surface area contributed by atoms with Gasteiger partial charge in [0.25, 0.3) is 0 Å². The molecule has 0 radical (unpaired) electrons. The molecular weight excluding hydrogens is 446 g/mol.